The molecule has 0 aromatic heterocycles. The summed E-state index contributed by atoms with van der Waals surface area (Å²) < 4.78 is 0.869. The topological polar surface area (TPSA) is 78.8 Å². The van der Waals surface area contributed by atoms with Crippen molar-refractivity contribution in [2.24, 2.45) is 5.18 Å². The molecule has 84 valence electrons. The summed E-state index contributed by atoms with van der Waals surface area (Å²) in [6, 6.07) is 6.77. The molecule has 0 spiro atoms. The highest BCUT2D eigenvalue weighted by Crippen LogP contribution is 2.15. The van der Waals surface area contributed by atoms with Crippen LogP contribution >= 0.6 is 15.9 Å². The molecule has 5 nitrogen and oxygen atoms in total. The number of aliphatic hydroxyl groups is 1. The predicted molar refractivity (Wildman–Crippen MR) is 63.9 cm³/mol. The summed E-state index contributed by atoms with van der Waals surface area (Å²) >= 11 is 3.25. The molecule has 0 heterocycles. The van der Waals surface area contributed by atoms with Crippen molar-refractivity contribution >= 4 is 27.5 Å². The molecule has 1 rings (SSSR count). The first-order chi connectivity index (χ1) is 7.54. The van der Waals surface area contributed by atoms with E-state index in [0.29, 0.717) is 5.69 Å². The van der Waals surface area contributed by atoms with Crippen molar-refractivity contribution in [2.45, 2.75) is 6.92 Å². The number of carbonyl (C=O) groups excluding carboxylic acids is 1. The van der Waals surface area contributed by atoms with Crippen molar-refractivity contribution in [1.82, 2.24) is 0 Å². The number of amides is 1. The number of nitroso groups, excluding NO2 is 1. The second-order valence-electron chi connectivity index (χ2n) is 2.99. The maximum Gasteiger partial charge on any atom is 0.281 e. The van der Waals surface area contributed by atoms with Crippen LogP contribution in [-0.2, 0) is 4.79 Å². The van der Waals surface area contributed by atoms with Gasteiger partial charge in [-0.25, -0.2) is 0 Å². The Morgan fingerprint density at radius 3 is 2.38 bits per heavy atom. The van der Waals surface area contributed by atoms with E-state index < -0.39 is 17.4 Å². The van der Waals surface area contributed by atoms with Crippen LogP contribution in [0.1, 0.15) is 6.92 Å². The quantitative estimate of drug-likeness (QED) is 0.509. The van der Waals surface area contributed by atoms with E-state index in [1.165, 1.54) is 6.92 Å². The van der Waals surface area contributed by atoms with Gasteiger partial charge in [-0.3, -0.25) is 4.79 Å². The largest absolute Gasteiger partial charge is 0.510 e. The van der Waals surface area contributed by atoms with Crippen molar-refractivity contribution in [3.8, 4) is 0 Å². The van der Waals surface area contributed by atoms with E-state index in [1.54, 1.807) is 24.3 Å². The number of rotatable bonds is 3. The van der Waals surface area contributed by atoms with E-state index in [9.17, 15) is 9.70 Å². The lowest BCUT2D eigenvalue weighted by molar-refractivity contribution is -0.113. The van der Waals surface area contributed by atoms with Crippen LogP contribution in [0, 0.1) is 4.91 Å². The molecule has 16 heavy (non-hydrogen) atoms. The summed E-state index contributed by atoms with van der Waals surface area (Å²) in [5.41, 5.74) is -0.0153. The second kappa shape index (κ2) is 5.41. The molecule has 6 heteroatoms. The minimum absolute atomic E-state index is 0.412. The summed E-state index contributed by atoms with van der Waals surface area (Å²) in [7, 11) is 0. The number of halogens is 1. The van der Waals surface area contributed by atoms with Crippen LogP contribution in [0.4, 0.5) is 5.69 Å². The highest BCUT2D eigenvalue weighted by atomic mass is 79.9. The summed E-state index contributed by atoms with van der Waals surface area (Å²) in [6.07, 6.45) is 0. The molecule has 0 saturated heterocycles. The lowest BCUT2D eigenvalue weighted by Gasteiger charge is -2.04. The molecule has 0 radical (unpaired) electrons. The Morgan fingerprint density at radius 2 is 1.94 bits per heavy atom. The number of anilines is 1. The van der Waals surface area contributed by atoms with Crippen molar-refractivity contribution < 1.29 is 9.90 Å². The van der Waals surface area contributed by atoms with Gasteiger partial charge in [0.25, 0.3) is 5.91 Å². The lowest BCUT2D eigenvalue weighted by atomic mass is 10.3. The number of aliphatic hydroxyl groups excluding tert-OH is 1. The third-order valence-electron chi connectivity index (χ3n) is 1.75. The van der Waals surface area contributed by atoms with Crippen LogP contribution < -0.4 is 5.32 Å². The van der Waals surface area contributed by atoms with Gasteiger partial charge < -0.3 is 10.4 Å². The minimum Gasteiger partial charge on any atom is -0.510 e. The number of nitrogens with zero attached hydrogens (tertiary/aromatic N) is 1. The van der Waals surface area contributed by atoms with Gasteiger partial charge in [0.15, 0.2) is 0 Å². The fourth-order valence-corrected chi connectivity index (χ4v) is 1.26. The number of carbonyl (C=O) groups is 1. The highest BCUT2D eigenvalue weighted by molar-refractivity contribution is 9.10. The van der Waals surface area contributed by atoms with Gasteiger partial charge in [-0.1, -0.05) is 15.9 Å². The van der Waals surface area contributed by atoms with Crippen LogP contribution in [0.2, 0.25) is 0 Å². The van der Waals surface area contributed by atoms with Crippen LogP contribution in [0.3, 0.4) is 0 Å². The van der Waals surface area contributed by atoms with Crippen molar-refractivity contribution in [2.75, 3.05) is 5.32 Å². The average molecular weight is 285 g/mol. The normalized spacial score (nSPS) is 11.6. The number of benzene rings is 1. The Labute approximate surface area is 100 Å². The van der Waals surface area contributed by atoms with Gasteiger partial charge in [0.1, 0.15) is 5.76 Å². The molecule has 0 unspecified atom stereocenters. The average Bonchev–Trinajstić information content (AvgIpc) is 2.22. The molecule has 0 aliphatic rings. The number of allylic oxidation sites excluding steroid dienone is 1. The number of nitrogens with one attached hydrogen (secondary N) is 1. The number of hydrogen-bond donors (Lipinski definition) is 2. The van der Waals surface area contributed by atoms with E-state index in [0.717, 1.165) is 4.47 Å². The van der Waals surface area contributed by atoms with Crippen molar-refractivity contribution in [1.29, 1.82) is 0 Å². The molecule has 1 aromatic rings. The Morgan fingerprint density at radius 1 is 1.38 bits per heavy atom. The van der Waals surface area contributed by atoms with Gasteiger partial charge >= 0.3 is 0 Å². The van der Waals surface area contributed by atoms with Crippen LogP contribution in [0.5, 0.6) is 0 Å². The lowest BCUT2D eigenvalue weighted by Crippen LogP contribution is -2.14. The third-order valence-corrected chi connectivity index (χ3v) is 2.28. The van der Waals surface area contributed by atoms with E-state index in [2.05, 4.69) is 26.4 Å². The maximum absolute atomic E-state index is 11.4. The Bertz CT molecular complexity index is 436. The van der Waals surface area contributed by atoms with E-state index in [1.807, 2.05) is 0 Å². The molecule has 1 aromatic carbocycles. The standard InChI is InChI=1S/C10H9BrN2O3/c1-6(14)9(13-16)10(15)12-8-4-2-7(11)3-5-8/h2-5,14H,1H3,(H,12,15)/b9-6+. The van der Waals surface area contributed by atoms with Gasteiger partial charge in [-0.15, -0.1) is 4.91 Å². The first-order valence-corrected chi connectivity index (χ1v) is 5.14. The smallest absolute Gasteiger partial charge is 0.281 e. The fraction of sp³-hybridized carbons (Fsp3) is 0.100. The Hall–Kier alpha value is -1.69. The predicted octanol–water partition coefficient (Wildman–Crippen LogP) is 2.94. The van der Waals surface area contributed by atoms with Crippen molar-refractivity contribution in [3.63, 3.8) is 0 Å². The highest BCUT2D eigenvalue weighted by Gasteiger charge is 2.13. The zero-order chi connectivity index (χ0) is 12.1. The molecule has 0 aliphatic carbocycles. The Balaban J connectivity index is 2.83. The molecule has 0 atom stereocenters. The van der Waals surface area contributed by atoms with Crippen molar-refractivity contribution in [3.05, 3.63) is 45.1 Å². The molecule has 0 saturated carbocycles. The van der Waals surface area contributed by atoms with E-state index >= 15 is 0 Å². The van der Waals surface area contributed by atoms with Crippen LogP contribution in [0.15, 0.2) is 45.4 Å². The fourth-order valence-electron chi connectivity index (χ4n) is 0.995. The molecular weight excluding hydrogens is 276 g/mol. The van der Waals surface area contributed by atoms with Gasteiger partial charge in [-0.05, 0) is 36.4 Å². The van der Waals surface area contributed by atoms with Gasteiger partial charge in [0, 0.05) is 10.2 Å². The molecule has 0 fully saturated rings. The van der Waals surface area contributed by atoms with Gasteiger partial charge in [-0.2, -0.15) is 0 Å². The summed E-state index contributed by atoms with van der Waals surface area (Å²) in [5, 5.41) is 13.9. The minimum atomic E-state index is -0.739. The first kappa shape index (κ1) is 12.4. The molecule has 0 aliphatic heterocycles. The van der Waals surface area contributed by atoms with Crippen LogP contribution in [-0.4, -0.2) is 11.0 Å². The van der Waals surface area contributed by atoms with Crippen LogP contribution in [0.25, 0.3) is 0 Å². The number of hydrogen-bond acceptors (Lipinski definition) is 4. The van der Waals surface area contributed by atoms with Gasteiger partial charge in [0.05, 0.1) is 0 Å². The zero-order valence-corrected chi connectivity index (χ0v) is 9.98. The zero-order valence-electron chi connectivity index (χ0n) is 8.40. The third kappa shape index (κ3) is 3.16. The summed E-state index contributed by atoms with van der Waals surface area (Å²) in [5.74, 6) is -1.15. The van der Waals surface area contributed by atoms with Gasteiger partial charge in [0.2, 0.25) is 5.70 Å². The molecular formula is C10H9BrN2O3. The Kier molecular flexibility index (Phi) is 4.19. The molecule has 0 bridgehead atoms. The first-order valence-electron chi connectivity index (χ1n) is 4.34. The van der Waals surface area contributed by atoms with E-state index in [-0.39, 0.29) is 0 Å². The van der Waals surface area contributed by atoms with E-state index in [4.69, 9.17) is 5.11 Å². The summed E-state index contributed by atoms with van der Waals surface area (Å²) in [6.45, 7) is 1.22. The SMILES string of the molecule is C/C(O)=C(\N=O)C(=O)Nc1ccc(Br)cc1. The second-order valence-corrected chi connectivity index (χ2v) is 3.90. The molecule has 1 amide bonds. The molecule has 2 N–H and O–H groups in total. The summed E-state index contributed by atoms with van der Waals surface area (Å²) in [4.78, 5) is 21.7. The maximum atomic E-state index is 11.4. The monoisotopic (exact) mass is 284 g/mol.